The Morgan fingerprint density at radius 1 is 1.36 bits per heavy atom. The summed E-state index contributed by atoms with van der Waals surface area (Å²) in [6.45, 7) is 0. The first-order valence-corrected chi connectivity index (χ1v) is 3.49. The van der Waals surface area contributed by atoms with Crippen LogP contribution < -0.4 is 0 Å². The van der Waals surface area contributed by atoms with Gasteiger partial charge in [-0.1, -0.05) is 23.2 Å². The highest BCUT2D eigenvalue weighted by Crippen LogP contribution is 2.33. The maximum absolute atomic E-state index is 9.10. The Hall–Kier alpha value is -0.910. The van der Waals surface area contributed by atoms with E-state index >= 15 is 0 Å². The molecule has 0 radical (unpaired) electrons. The van der Waals surface area contributed by atoms with Crippen LogP contribution in [0.4, 0.5) is 0 Å². The van der Waals surface area contributed by atoms with Crippen molar-refractivity contribution in [1.82, 2.24) is 0 Å². The lowest BCUT2D eigenvalue weighted by molar-refractivity contribution is 0.475. The van der Waals surface area contributed by atoms with Gasteiger partial charge in [0.2, 0.25) is 0 Å². The van der Waals surface area contributed by atoms with Gasteiger partial charge in [0.15, 0.2) is 5.75 Å². The summed E-state index contributed by atoms with van der Waals surface area (Å²) in [5, 5.41) is 17.7. The lowest BCUT2D eigenvalue weighted by Gasteiger charge is -1.99. The maximum atomic E-state index is 9.10. The Kier molecular flexibility index (Phi) is 2.23. The van der Waals surface area contributed by atoms with Crippen molar-refractivity contribution in [3.63, 3.8) is 0 Å². The van der Waals surface area contributed by atoms with Gasteiger partial charge in [0.25, 0.3) is 0 Å². The van der Waals surface area contributed by atoms with Crippen LogP contribution in [-0.2, 0) is 0 Å². The van der Waals surface area contributed by atoms with Gasteiger partial charge in [-0.3, -0.25) is 0 Å². The molecule has 0 aliphatic heterocycles. The summed E-state index contributed by atoms with van der Waals surface area (Å²) in [5.74, 6) is -0.243. The van der Waals surface area contributed by atoms with Crippen LogP contribution in [0.2, 0.25) is 10.0 Å². The molecule has 0 saturated heterocycles. The summed E-state index contributed by atoms with van der Waals surface area (Å²) in [6, 6.07) is 4.68. The van der Waals surface area contributed by atoms with Crippen molar-refractivity contribution in [2.24, 2.45) is 0 Å². The number of benzene rings is 1. The minimum Gasteiger partial charge on any atom is -0.505 e. The van der Waals surface area contributed by atoms with E-state index in [0.717, 1.165) is 0 Å². The highest BCUT2D eigenvalue weighted by molar-refractivity contribution is 6.37. The number of phenolic OH excluding ortho intramolecular Hbond substituents is 1. The topological polar surface area (TPSA) is 44.0 Å². The average molecular weight is 188 g/mol. The van der Waals surface area contributed by atoms with Gasteiger partial charge in [-0.25, -0.2) is 0 Å². The third-order valence-corrected chi connectivity index (χ3v) is 1.87. The van der Waals surface area contributed by atoms with Gasteiger partial charge in [0, 0.05) is 0 Å². The molecule has 0 bridgehead atoms. The Bertz CT molecular complexity index is 330. The fraction of sp³-hybridized carbons (Fsp3) is 0. The smallest absolute Gasteiger partial charge is 0.154 e. The number of aromatic hydroxyl groups is 1. The van der Waals surface area contributed by atoms with E-state index in [1.807, 2.05) is 6.07 Å². The molecule has 1 aromatic rings. The van der Waals surface area contributed by atoms with Gasteiger partial charge in [0.1, 0.15) is 11.1 Å². The normalized spacial score (nSPS) is 9.18. The number of rotatable bonds is 0. The van der Waals surface area contributed by atoms with Crippen LogP contribution >= 0.6 is 23.2 Å². The van der Waals surface area contributed by atoms with E-state index in [2.05, 4.69) is 0 Å². The fourth-order valence-electron chi connectivity index (χ4n) is 0.627. The molecule has 0 heterocycles. The molecule has 56 valence electrons. The molecule has 0 atom stereocenters. The van der Waals surface area contributed by atoms with Crippen molar-refractivity contribution in [1.29, 1.82) is 5.26 Å². The Morgan fingerprint density at radius 2 is 2.00 bits per heavy atom. The molecule has 0 aliphatic rings. The lowest BCUT2D eigenvalue weighted by Crippen LogP contribution is -1.77. The van der Waals surface area contributed by atoms with Crippen molar-refractivity contribution in [3.8, 4) is 11.8 Å². The number of nitrogens with zero attached hydrogens (tertiary/aromatic N) is 1. The Morgan fingerprint density at radius 3 is 2.55 bits per heavy atom. The zero-order valence-corrected chi connectivity index (χ0v) is 6.82. The minimum absolute atomic E-state index is 0.000000000000000444. The van der Waals surface area contributed by atoms with E-state index in [-0.39, 0.29) is 21.4 Å². The van der Waals surface area contributed by atoms with E-state index in [1.165, 1.54) is 12.1 Å². The fourth-order valence-corrected chi connectivity index (χ4v) is 1.04. The second-order valence-electron chi connectivity index (χ2n) is 1.87. The predicted octanol–water partition coefficient (Wildman–Crippen LogP) is 2.57. The largest absolute Gasteiger partial charge is 0.505 e. The highest BCUT2D eigenvalue weighted by Gasteiger charge is 2.07. The van der Waals surface area contributed by atoms with Crippen molar-refractivity contribution in [3.05, 3.63) is 27.7 Å². The van der Waals surface area contributed by atoms with Crippen LogP contribution in [-0.4, -0.2) is 5.11 Å². The number of nitriles is 1. The summed E-state index contributed by atoms with van der Waals surface area (Å²) in [7, 11) is 0. The lowest BCUT2D eigenvalue weighted by atomic mass is 10.2. The summed E-state index contributed by atoms with van der Waals surface area (Å²) in [6.07, 6.45) is 0. The van der Waals surface area contributed by atoms with Gasteiger partial charge >= 0.3 is 0 Å². The van der Waals surface area contributed by atoms with Crippen LogP contribution in [0.3, 0.4) is 0 Å². The van der Waals surface area contributed by atoms with Crippen LogP contribution in [0.25, 0.3) is 0 Å². The van der Waals surface area contributed by atoms with Gasteiger partial charge in [-0.15, -0.1) is 0 Å². The number of phenols is 1. The summed E-state index contributed by atoms with van der Waals surface area (Å²) >= 11 is 11.0. The van der Waals surface area contributed by atoms with Crippen LogP contribution in [0, 0.1) is 11.3 Å². The van der Waals surface area contributed by atoms with Crippen molar-refractivity contribution in [2.75, 3.05) is 0 Å². The molecule has 0 aliphatic carbocycles. The average Bonchev–Trinajstić information content (AvgIpc) is 2.01. The molecular weight excluding hydrogens is 185 g/mol. The Balaban J connectivity index is 3.40. The first-order valence-electron chi connectivity index (χ1n) is 2.74. The molecule has 11 heavy (non-hydrogen) atoms. The molecule has 1 rings (SSSR count). The van der Waals surface area contributed by atoms with E-state index in [0.29, 0.717) is 0 Å². The highest BCUT2D eigenvalue weighted by atomic mass is 35.5. The standard InChI is InChI=1S/C7H3Cl2NO/c8-5-2-1-4(3-10)6(9)7(5)11/h1-2,11H. The molecule has 0 fully saturated rings. The molecule has 0 unspecified atom stereocenters. The van der Waals surface area contributed by atoms with Crippen molar-refractivity contribution in [2.45, 2.75) is 0 Å². The van der Waals surface area contributed by atoms with E-state index < -0.39 is 0 Å². The molecule has 0 spiro atoms. The zero-order chi connectivity index (χ0) is 8.43. The number of hydrogen-bond acceptors (Lipinski definition) is 2. The Labute approximate surface area is 73.6 Å². The first-order chi connectivity index (χ1) is 5.16. The summed E-state index contributed by atoms with van der Waals surface area (Å²) in [4.78, 5) is 0. The molecule has 2 nitrogen and oxygen atoms in total. The van der Waals surface area contributed by atoms with E-state index in [1.54, 1.807) is 0 Å². The van der Waals surface area contributed by atoms with Gasteiger partial charge < -0.3 is 5.11 Å². The molecular formula is C7H3Cl2NO. The molecule has 0 saturated carbocycles. The zero-order valence-electron chi connectivity index (χ0n) is 5.31. The maximum Gasteiger partial charge on any atom is 0.154 e. The molecule has 0 amide bonds. The van der Waals surface area contributed by atoms with E-state index in [9.17, 15) is 0 Å². The monoisotopic (exact) mass is 187 g/mol. The summed E-state index contributed by atoms with van der Waals surface area (Å²) in [5.41, 5.74) is 0.216. The number of halogens is 2. The number of hydrogen-bond donors (Lipinski definition) is 1. The third kappa shape index (κ3) is 1.40. The van der Waals surface area contributed by atoms with Gasteiger partial charge in [-0.2, -0.15) is 5.26 Å². The molecule has 4 heteroatoms. The molecule has 1 aromatic carbocycles. The minimum atomic E-state index is -0.243. The molecule has 1 N–H and O–H groups in total. The predicted molar refractivity (Wildman–Crippen MR) is 42.8 cm³/mol. The quantitative estimate of drug-likeness (QED) is 0.679. The second-order valence-corrected chi connectivity index (χ2v) is 2.65. The third-order valence-electron chi connectivity index (χ3n) is 1.19. The van der Waals surface area contributed by atoms with Crippen molar-refractivity contribution < 1.29 is 5.11 Å². The molecule has 0 aromatic heterocycles. The van der Waals surface area contributed by atoms with Crippen LogP contribution in [0.15, 0.2) is 12.1 Å². The van der Waals surface area contributed by atoms with Crippen LogP contribution in [0.1, 0.15) is 5.56 Å². The SMILES string of the molecule is N#Cc1ccc(Cl)c(O)c1Cl. The summed E-state index contributed by atoms with van der Waals surface area (Å²) < 4.78 is 0. The van der Waals surface area contributed by atoms with Gasteiger partial charge in [0.05, 0.1) is 10.6 Å². The van der Waals surface area contributed by atoms with Crippen LogP contribution in [0.5, 0.6) is 5.75 Å². The van der Waals surface area contributed by atoms with Crippen molar-refractivity contribution >= 4 is 23.2 Å². The first kappa shape index (κ1) is 8.19. The van der Waals surface area contributed by atoms with Gasteiger partial charge in [-0.05, 0) is 12.1 Å². The van der Waals surface area contributed by atoms with E-state index in [4.69, 9.17) is 33.6 Å². The second kappa shape index (κ2) is 3.00.